The molecule has 0 fully saturated rings. The maximum atomic E-state index is 10.7. The smallest absolute Gasteiger partial charge is 0.744 e. The summed E-state index contributed by atoms with van der Waals surface area (Å²) in [6, 6.07) is 7.90. The minimum absolute atomic E-state index is 0. The molecule has 0 radical (unpaired) electrons. The normalized spacial score (nSPS) is 11.2. The van der Waals surface area contributed by atoms with E-state index in [9.17, 15) is 13.0 Å². The van der Waals surface area contributed by atoms with Crippen molar-refractivity contribution in [2.75, 3.05) is 0 Å². The van der Waals surface area contributed by atoms with Gasteiger partial charge in [-0.15, -0.1) is 10.2 Å². The number of azo groups is 1. The first-order valence-corrected chi connectivity index (χ1v) is 6.49. The molecule has 0 saturated carbocycles. The quantitative estimate of drug-likeness (QED) is 0.448. The number of benzene rings is 1. The Balaban J connectivity index is 0.00000200. The maximum absolute atomic E-state index is 10.7. The SMILES string of the molecule is O=S(=O)([O-])c1ccc(N=Nc2ccc(O)cn2)cc1.[Na+]. The van der Waals surface area contributed by atoms with Crippen LogP contribution in [0.3, 0.4) is 0 Å². The molecule has 20 heavy (non-hydrogen) atoms. The van der Waals surface area contributed by atoms with E-state index in [2.05, 4.69) is 15.2 Å². The van der Waals surface area contributed by atoms with Gasteiger partial charge in [0.25, 0.3) is 0 Å². The van der Waals surface area contributed by atoms with E-state index in [-0.39, 0.29) is 40.2 Å². The zero-order valence-electron chi connectivity index (χ0n) is 10.5. The Bertz CT molecular complexity index is 699. The van der Waals surface area contributed by atoms with Gasteiger partial charge >= 0.3 is 29.6 Å². The first kappa shape index (κ1) is 16.7. The Kier molecular flexibility index (Phi) is 5.78. The summed E-state index contributed by atoms with van der Waals surface area (Å²) in [4.78, 5) is 3.47. The Morgan fingerprint density at radius 2 is 1.70 bits per heavy atom. The predicted octanol–water partition coefficient (Wildman–Crippen LogP) is -0.889. The fourth-order valence-electron chi connectivity index (χ4n) is 1.23. The van der Waals surface area contributed by atoms with Crippen LogP contribution in [0.5, 0.6) is 5.75 Å². The monoisotopic (exact) mass is 301 g/mol. The van der Waals surface area contributed by atoms with E-state index in [4.69, 9.17) is 5.11 Å². The van der Waals surface area contributed by atoms with E-state index >= 15 is 0 Å². The first-order chi connectivity index (χ1) is 8.95. The average Bonchev–Trinajstić information content (AvgIpc) is 2.37. The first-order valence-electron chi connectivity index (χ1n) is 5.08. The zero-order valence-corrected chi connectivity index (χ0v) is 13.3. The number of hydrogen-bond acceptors (Lipinski definition) is 7. The second-order valence-electron chi connectivity index (χ2n) is 3.52. The number of aromatic hydroxyl groups is 1. The van der Waals surface area contributed by atoms with Gasteiger partial charge in [0.15, 0.2) is 5.82 Å². The zero-order chi connectivity index (χ0) is 13.9. The molecule has 0 saturated heterocycles. The van der Waals surface area contributed by atoms with E-state index in [0.29, 0.717) is 11.5 Å². The summed E-state index contributed by atoms with van der Waals surface area (Å²) in [5, 5.41) is 16.6. The fraction of sp³-hybridized carbons (Fsp3) is 0. The van der Waals surface area contributed by atoms with Crippen molar-refractivity contribution < 1.29 is 47.6 Å². The van der Waals surface area contributed by atoms with E-state index in [1.807, 2.05) is 0 Å². The molecule has 1 aromatic heterocycles. The molecule has 2 rings (SSSR count). The predicted molar refractivity (Wildman–Crippen MR) is 64.5 cm³/mol. The van der Waals surface area contributed by atoms with Crippen molar-refractivity contribution in [3.8, 4) is 5.75 Å². The number of rotatable bonds is 3. The molecular formula is C11H8N3NaO4S. The molecule has 0 unspecified atom stereocenters. The molecule has 0 spiro atoms. The number of pyridine rings is 1. The standard InChI is InChI=1S/C11H9N3O4S.Na/c15-9-3-6-11(12-7-9)14-13-8-1-4-10(5-2-8)19(16,17)18;/h1-7,15H,(H,16,17,18);/q;+1/p-1. The minimum Gasteiger partial charge on any atom is -0.744 e. The van der Waals surface area contributed by atoms with Gasteiger partial charge in [-0.25, -0.2) is 13.4 Å². The summed E-state index contributed by atoms with van der Waals surface area (Å²) in [6.07, 6.45) is 1.22. The molecule has 7 nitrogen and oxygen atoms in total. The van der Waals surface area contributed by atoms with Crippen molar-refractivity contribution in [1.29, 1.82) is 0 Å². The third-order valence-electron chi connectivity index (χ3n) is 2.13. The molecule has 9 heteroatoms. The van der Waals surface area contributed by atoms with E-state index in [0.717, 1.165) is 12.1 Å². The molecule has 0 bridgehead atoms. The summed E-state index contributed by atoms with van der Waals surface area (Å²) in [6.45, 7) is 0. The van der Waals surface area contributed by atoms with Crippen molar-refractivity contribution in [2.45, 2.75) is 4.90 Å². The van der Waals surface area contributed by atoms with Crippen molar-refractivity contribution in [1.82, 2.24) is 4.98 Å². The summed E-state index contributed by atoms with van der Waals surface area (Å²) < 4.78 is 32.1. The molecular weight excluding hydrogens is 293 g/mol. The van der Waals surface area contributed by atoms with Crippen LogP contribution in [0.25, 0.3) is 0 Å². The van der Waals surface area contributed by atoms with Crippen LogP contribution in [0.1, 0.15) is 0 Å². The second-order valence-corrected chi connectivity index (χ2v) is 4.90. The van der Waals surface area contributed by atoms with Crippen LogP contribution in [-0.2, 0) is 10.1 Å². The molecule has 0 amide bonds. The molecule has 1 N–H and O–H groups in total. The Hall–Kier alpha value is -1.32. The Morgan fingerprint density at radius 1 is 1.05 bits per heavy atom. The van der Waals surface area contributed by atoms with Gasteiger partial charge in [0.05, 0.1) is 16.8 Å². The van der Waals surface area contributed by atoms with E-state index in [1.165, 1.54) is 30.5 Å². The van der Waals surface area contributed by atoms with Crippen molar-refractivity contribution in [2.24, 2.45) is 10.2 Å². The Morgan fingerprint density at radius 3 is 2.20 bits per heavy atom. The van der Waals surface area contributed by atoms with Crippen LogP contribution in [0, 0.1) is 0 Å². The summed E-state index contributed by atoms with van der Waals surface area (Å²) in [5.41, 5.74) is 0.377. The van der Waals surface area contributed by atoms with Gasteiger partial charge in [-0.05, 0) is 36.4 Å². The van der Waals surface area contributed by atoms with Crippen LogP contribution < -0.4 is 29.6 Å². The van der Waals surface area contributed by atoms with E-state index in [1.54, 1.807) is 0 Å². The molecule has 0 aliphatic rings. The molecule has 1 heterocycles. The van der Waals surface area contributed by atoms with Gasteiger partial charge in [0.1, 0.15) is 15.9 Å². The van der Waals surface area contributed by atoms with Crippen LogP contribution in [-0.4, -0.2) is 23.1 Å². The molecule has 0 aliphatic heterocycles. The van der Waals surface area contributed by atoms with Crippen LogP contribution in [0.2, 0.25) is 0 Å². The van der Waals surface area contributed by atoms with Gasteiger partial charge in [-0.1, -0.05) is 0 Å². The number of nitrogens with zero attached hydrogens (tertiary/aromatic N) is 3. The molecule has 1 aromatic carbocycles. The summed E-state index contributed by atoms with van der Waals surface area (Å²) in [7, 11) is -4.45. The van der Waals surface area contributed by atoms with Crippen LogP contribution in [0.4, 0.5) is 11.5 Å². The largest absolute Gasteiger partial charge is 1.00 e. The van der Waals surface area contributed by atoms with Gasteiger partial charge in [-0.2, -0.15) is 0 Å². The number of hydrogen-bond donors (Lipinski definition) is 1. The van der Waals surface area contributed by atoms with Gasteiger partial charge in [0, 0.05) is 0 Å². The Labute approximate surface area is 137 Å². The van der Waals surface area contributed by atoms with Gasteiger partial charge < -0.3 is 9.66 Å². The molecule has 0 atom stereocenters. The fourth-order valence-corrected chi connectivity index (χ4v) is 1.70. The summed E-state index contributed by atoms with van der Waals surface area (Å²) >= 11 is 0. The topological polar surface area (TPSA) is 115 Å². The summed E-state index contributed by atoms with van der Waals surface area (Å²) in [5.74, 6) is 0.308. The van der Waals surface area contributed by atoms with Crippen LogP contribution >= 0.6 is 0 Å². The number of aromatic nitrogens is 1. The third-order valence-corrected chi connectivity index (χ3v) is 2.98. The molecule has 2 aromatic rings. The maximum Gasteiger partial charge on any atom is 1.00 e. The van der Waals surface area contributed by atoms with E-state index < -0.39 is 10.1 Å². The third kappa shape index (κ3) is 4.66. The van der Waals surface area contributed by atoms with Crippen molar-refractivity contribution in [3.05, 3.63) is 42.6 Å². The molecule has 98 valence electrons. The van der Waals surface area contributed by atoms with Crippen molar-refractivity contribution in [3.63, 3.8) is 0 Å². The van der Waals surface area contributed by atoms with Crippen LogP contribution in [0.15, 0.2) is 57.7 Å². The minimum atomic E-state index is -4.45. The average molecular weight is 301 g/mol. The van der Waals surface area contributed by atoms with Gasteiger partial charge in [-0.3, -0.25) is 0 Å². The second kappa shape index (κ2) is 6.91. The molecule has 0 aliphatic carbocycles. The van der Waals surface area contributed by atoms with Crippen molar-refractivity contribution >= 4 is 21.6 Å². The van der Waals surface area contributed by atoms with Gasteiger partial charge in [0.2, 0.25) is 0 Å².